The Hall–Kier alpha value is -4.47. The fourth-order valence-electron chi connectivity index (χ4n) is 6.29. The number of imidazole rings is 1. The van der Waals surface area contributed by atoms with E-state index in [-0.39, 0.29) is 17.9 Å². The minimum Gasteiger partial charge on any atom is -0.380 e. The van der Waals surface area contributed by atoms with Crippen molar-refractivity contribution in [3.05, 3.63) is 71.9 Å². The Morgan fingerprint density at radius 2 is 1.71 bits per heavy atom. The summed E-state index contributed by atoms with van der Waals surface area (Å²) in [5.41, 5.74) is 10.7. The van der Waals surface area contributed by atoms with Crippen LogP contribution in [0.1, 0.15) is 72.1 Å². The second kappa shape index (κ2) is 10.5. The maximum absolute atomic E-state index is 13.1. The highest BCUT2D eigenvalue weighted by Gasteiger charge is 2.35. The summed E-state index contributed by atoms with van der Waals surface area (Å²) < 4.78 is 2.07. The Bertz CT molecular complexity index is 1600. The Morgan fingerprint density at radius 3 is 2.49 bits per heavy atom. The highest BCUT2D eigenvalue weighted by molar-refractivity contribution is 6.04. The molecule has 3 fully saturated rings. The monoisotopic (exact) mass is 551 g/mol. The zero-order valence-electron chi connectivity index (χ0n) is 23.1. The lowest BCUT2D eigenvalue weighted by Gasteiger charge is -2.33. The molecule has 1 aliphatic carbocycles. The van der Waals surface area contributed by atoms with Gasteiger partial charge in [-0.3, -0.25) is 4.79 Å². The summed E-state index contributed by atoms with van der Waals surface area (Å²) >= 11 is 0. The van der Waals surface area contributed by atoms with Gasteiger partial charge in [-0.1, -0.05) is 0 Å². The van der Waals surface area contributed by atoms with Crippen molar-refractivity contribution in [3.8, 4) is 11.3 Å². The third-order valence-electron chi connectivity index (χ3n) is 8.63. The molecule has 1 aromatic carbocycles. The molecule has 3 aliphatic rings. The van der Waals surface area contributed by atoms with Crippen molar-refractivity contribution >= 4 is 29.1 Å². The van der Waals surface area contributed by atoms with E-state index in [4.69, 9.17) is 5.73 Å². The molecule has 210 valence electrons. The van der Waals surface area contributed by atoms with E-state index in [1.165, 1.54) is 18.4 Å². The van der Waals surface area contributed by atoms with E-state index in [1.54, 1.807) is 12.4 Å². The van der Waals surface area contributed by atoms with E-state index < -0.39 is 0 Å². The highest BCUT2D eigenvalue weighted by Crippen LogP contribution is 2.40. The standard InChI is InChI=1S/C31H34N8O2/c32-28-27-26(21-7-9-22(10-8-21)30(40)35-25-18-23(11-12-33-25)20-5-6-20)36-29(39(27)17-13-34-28)24-4-3-16-38(19-24)31(41)37-14-1-2-15-37/h7-13,17-18,20,24H,1-6,14-16,19H2,(H3,32,33,34,35,40)/p+1/t24-/m1/s1. The van der Waals surface area contributed by atoms with Crippen LogP contribution in [0.2, 0.25) is 0 Å². The number of hydrogen-bond donors (Lipinski definition) is 3. The summed E-state index contributed by atoms with van der Waals surface area (Å²) in [7, 11) is 0. The lowest BCUT2D eigenvalue weighted by Crippen LogP contribution is -2.47. The number of H-pyrrole nitrogens is 1. The largest absolute Gasteiger partial charge is 0.380 e. The number of nitrogen functional groups attached to an aromatic ring is 1. The fourth-order valence-corrected chi connectivity index (χ4v) is 6.29. The number of amides is 3. The van der Waals surface area contributed by atoms with Crippen LogP contribution in [0.4, 0.5) is 16.4 Å². The number of rotatable bonds is 5. The first kappa shape index (κ1) is 25.5. The second-order valence-electron chi connectivity index (χ2n) is 11.5. The average Bonchev–Trinajstić information content (AvgIpc) is 3.56. The van der Waals surface area contributed by atoms with Gasteiger partial charge in [-0.25, -0.2) is 19.7 Å². The number of nitrogens with zero attached hydrogens (tertiary/aromatic N) is 5. The molecule has 2 saturated heterocycles. The van der Waals surface area contributed by atoms with Gasteiger partial charge >= 0.3 is 6.03 Å². The number of urea groups is 1. The smallest absolute Gasteiger partial charge is 0.320 e. The molecule has 0 spiro atoms. The molecule has 4 N–H and O–H groups in total. The third kappa shape index (κ3) is 4.98. The Morgan fingerprint density at radius 1 is 0.927 bits per heavy atom. The number of carbonyl (C=O) groups is 2. The van der Waals surface area contributed by atoms with Gasteiger partial charge in [0.05, 0.1) is 12.1 Å². The van der Waals surface area contributed by atoms with Crippen molar-refractivity contribution in [3.63, 3.8) is 0 Å². The number of nitrogens with one attached hydrogen (secondary N) is 2. The fraction of sp³-hybridized carbons (Fsp3) is 0.387. The van der Waals surface area contributed by atoms with Gasteiger partial charge in [-0.05, 0) is 86.4 Å². The predicted octanol–water partition coefficient (Wildman–Crippen LogP) is 4.32. The van der Waals surface area contributed by atoms with Gasteiger partial charge in [0.2, 0.25) is 5.52 Å². The van der Waals surface area contributed by atoms with Crippen molar-refractivity contribution in [2.45, 2.75) is 50.4 Å². The molecule has 3 amide bonds. The van der Waals surface area contributed by atoms with Crippen LogP contribution in [-0.4, -0.2) is 62.9 Å². The molecule has 7 rings (SSSR count). The van der Waals surface area contributed by atoms with Crippen LogP contribution in [-0.2, 0) is 0 Å². The number of fused-ring (bicyclic) bond motifs is 1. The molecule has 1 atom stereocenters. The Labute approximate surface area is 238 Å². The van der Waals surface area contributed by atoms with E-state index in [1.807, 2.05) is 52.4 Å². The van der Waals surface area contributed by atoms with Crippen molar-refractivity contribution in [1.29, 1.82) is 0 Å². The van der Waals surface area contributed by atoms with Crippen molar-refractivity contribution < 1.29 is 14.0 Å². The number of nitrogens with two attached hydrogens (primary N) is 1. The van der Waals surface area contributed by atoms with Gasteiger partial charge in [0.15, 0.2) is 11.5 Å². The van der Waals surface area contributed by atoms with Crippen LogP contribution in [0.5, 0.6) is 0 Å². The number of carbonyl (C=O) groups excluding carboxylic acids is 2. The van der Waals surface area contributed by atoms with Crippen molar-refractivity contribution in [1.82, 2.24) is 24.8 Å². The number of piperidine rings is 1. The van der Waals surface area contributed by atoms with E-state index in [2.05, 4.69) is 24.7 Å². The van der Waals surface area contributed by atoms with Crippen LogP contribution < -0.4 is 15.5 Å². The minimum absolute atomic E-state index is 0.141. The predicted molar refractivity (Wildman–Crippen MR) is 156 cm³/mol. The molecule has 41 heavy (non-hydrogen) atoms. The summed E-state index contributed by atoms with van der Waals surface area (Å²) in [6.45, 7) is 3.15. The lowest BCUT2D eigenvalue weighted by atomic mass is 9.97. The molecule has 2 aliphatic heterocycles. The Kier molecular flexibility index (Phi) is 6.53. The Balaban J connectivity index is 1.14. The molecule has 4 aromatic rings. The van der Waals surface area contributed by atoms with Crippen molar-refractivity contribution in [2.24, 2.45) is 0 Å². The minimum atomic E-state index is -0.199. The van der Waals surface area contributed by atoms with Gasteiger partial charge < -0.3 is 20.9 Å². The van der Waals surface area contributed by atoms with Gasteiger partial charge in [0.1, 0.15) is 12.0 Å². The third-order valence-corrected chi connectivity index (χ3v) is 8.63. The molecule has 0 radical (unpaired) electrons. The molecule has 1 saturated carbocycles. The summed E-state index contributed by atoms with van der Waals surface area (Å²) in [4.78, 5) is 42.4. The van der Waals surface area contributed by atoms with Gasteiger partial charge in [-0.2, -0.15) is 4.40 Å². The second-order valence-corrected chi connectivity index (χ2v) is 11.5. The van der Waals surface area contributed by atoms with Crippen LogP contribution in [0.3, 0.4) is 0 Å². The number of aromatic amines is 1. The lowest BCUT2D eigenvalue weighted by molar-refractivity contribution is -0.523. The van der Waals surface area contributed by atoms with Crippen LogP contribution in [0, 0.1) is 0 Å². The quantitative estimate of drug-likeness (QED) is 0.319. The molecule has 0 bridgehead atoms. The first-order chi connectivity index (χ1) is 20.0. The maximum atomic E-state index is 13.1. The number of likely N-dealkylation sites (tertiary alicyclic amines) is 2. The van der Waals surface area contributed by atoms with Crippen LogP contribution in [0.15, 0.2) is 55.0 Å². The molecule has 3 aromatic heterocycles. The first-order valence-electron chi connectivity index (χ1n) is 14.6. The van der Waals surface area contributed by atoms with Gasteiger partial charge in [-0.15, -0.1) is 0 Å². The molecular formula is C31H35N8O2+. The van der Waals surface area contributed by atoms with E-state index in [9.17, 15) is 9.59 Å². The SMILES string of the molecule is Nc1ncc[n+]2c([C@@H]3CCCN(C(=O)N4CCCC4)C3)[nH]c(-c3ccc(C(=O)Nc4cc(C5CC5)ccn4)cc3)c12. The number of hydrogen-bond acceptors (Lipinski definition) is 5. The number of aromatic nitrogens is 4. The summed E-state index contributed by atoms with van der Waals surface area (Å²) in [6.07, 6.45) is 11.9. The normalized spacial score (nSPS) is 19.1. The number of anilines is 2. The average molecular weight is 552 g/mol. The zero-order chi connectivity index (χ0) is 27.9. The molecule has 10 heteroatoms. The maximum Gasteiger partial charge on any atom is 0.320 e. The summed E-state index contributed by atoms with van der Waals surface area (Å²) in [5, 5.41) is 2.93. The molecule has 0 unspecified atom stereocenters. The van der Waals surface area contributed by atoms with Crippen molar-refractivity contribution in [2.75, 3.05) is 37.2 Å². The van der Waals surface area contributed by atoms with Gasteiger partial charge in [0, 0.05) is 43.5 Å². The number of pyridine rings is 1. The zero-order valence-corrected chi connectivity index (χ0v) is 23.1. The molecular weight excluding hydrogens is 516 g/mol. The van der Waals surface area contributed by atoms with E-state index in [0.717, 1.165) is 67.9 Å². The van der Waals surface area contributed by atoms with Crippen LogP contribution in [0.25, 0.3) is 16.8 Å². The highest BCUT2D eigenvalue weighted by atomic mass is 16.2. The van der Waals surface area contributed by atoms with E-state index >= 15 is 0 Å². The summed E-state index contributed by atoms with van der Waals surface area (Å²) in [6, 6.07) is 11.6. The number of benzene rings is 1. The molecule has 5 heterocycles. The topological polar surface area (TPSA) is 124 Å². The summed E-state index contributed by atoms with van der Waals surface area (Å²) in [5.74, 6) is 2.54. The van der Waals surface area contributed by atoms with E-state index in [0.29, 0.717) is 29.7 Å². The van der Waals surface area contributed by atoms with Crippen LogP contribution >= 0.6 is 0 Å². The first-order valence-corrected chi connectivity index (χ1v) is 14.6. The molecule has 10 nitrogen and oxygen atoms in total. The van der Waals surface area contributed by atoms with Gasteiger partial charge in [0.25, 0.3) is 11.7 Å².